The van der Waals surface area contributed by atoms with E-state index in [-0.39, 0.29) is 12.0 Å². The molecule has 3 N–H and O–H groups in total. The van der Waals surface area contributed by atoms with Gasteiger partial charge in [-0.25, -0.2) is 0 Å². The topological polar surface area (TPSA) is 71.5 Å². The van der Waals surface area contributed by atoms with Crippen molar-refractivity contribution in [2.75, 3.05) is 5.73 Å². The molecule has 0 radical (unpaired) electrons. The normalized spacial score (nSPS) is 10.6. The van der Waals surface area contributed by atoms with Gasteiger partial charge in [-0.3, -0.25) is 0 Å². The van der Waals surface area contributed by atoms with Gasteiger partial charge < -0.3 is 5.73 Å². The van der Waals surface area contributed by atoms with Crippen LogP contribution in [0.25, 0.3) is 0 Å². The van der Waals surface area contributed by atoms with Gasteiger partial charge in [0.2, 0.25) is 0 Å². The van der Waals surface area contributed by atoms with Crippen molar-refractivity contribution < 1.29 is 4.80 Å². The molecule has 0 saturated heterocycles. The Hall–Kier alpha value is -1.13. The Morgan fingerprint density at radius 1 is 1.67 bits per heavy atom. The third kappa shape index (κ3) is 1.16. The lowest BCUT2D eigenvalue weighted by atomic mass is 10.4. The smallest absolute Gasteiger partial charge is 0.342 e. The lowest BCUT2D eigenvalue weighted by Crippen LogP contribution is -2.41. The van der Waals surface area contributed by atoms with Crippen molar-refractivity contribution in [3.05, 3.63) is 0 Å². The quantitative estimate of drug-likeness (QED) is 0.489. The van der Waals surface area contributed by atoms with Crippen LogP contribution in [0.2, 0.25) is 0 Å². The summed E-state index contributed by atoms with van der Waals surface area (Å²) in [4.78, 5) is 1.59. The van der Waals surface area contributed by atoms with E-state index >= 15 is 0 Å². The average Bonchev–Trinajstić information content (AvgIpc) is 2.14. The number of nitrogen functional groups attached to an aromatic ring is 1. The fourth-order valence-electron chi connectivity index (χ4n) is 0.488. The first-order valence-electron chi connectivity index (χ1n) is 2.80. The molecular weight excluding hydrogens is 118 g/mol. The molecule has 0 bridgehead atoms. The number of nitrogens with zero attached hydrogens (tertiary/aromatic N) is 3. The summed E-state index contributed by atoms with van der Waals surface area (Å²) >= 11 is 0. The molecule has 0 aliphatic heterocycles. The number of aromatic amines is 1. The van der Waals surface area contributed by atoms with E-state index in [1.165, 1.54) is 0 Å². The van der Waals surface area contributed by atoms with Crippen molar-refractivity contribution in [3.63, 3.8) is 0 Å². The summed E-state index contributed by atoms with van der Waals surface area (Å²) in [6.07, 6.45) is 0. The zero-order valence-corrected chi connectivity index (χ0v) is 5.50. The van der Waals surface area contributed by atoms with Gasteiger partial charge in [-0.05, 0) is 19.1 Å². The molecule has 9 heavy (non-hydrogen) atoms. The summed E-state index contributed by atoms with van der Waals surface area (Å²) in [5, 5.41) is 10.1. The number of rotatable bonds is 1. The fraction of sp³-hybridized carbons (Fsp3) is 0.750. The largest absolute Gasteiger partial charge is 0.398 e. The summed E-state index contributed by atoms with van der Waals surface area (Å²) in [6, 6.07) is 0.287. The van der Waals surface area contributed by atoms with E-state index in [0.717, 1.165) is 0 Å². The van der Waals surface area contributed by atoms with Gasteiger partial charge in [-0.1, -0.05) is 4.80 Å². The number of anilines is 1. The predicted molar refractivity (Wildman–Crippen MR) is 31.4 cm³/mol. The highest BCUT2D eigenvalue weighted by Gasteiger charge is 2.08. The van der Waals surface area contributed by atoms with Crippen LogP contribution < -0.4 is 10.5 Å². The highest BCUT2D eigenvalue weighted by Crippen LogP contribution is 1.85. The molecule has 0 saturated carbocycles. The average molecular weight is 128 g/mol. The maximum Gasteiger partial charge on any atom is 0.398 e. The molecule has 1 heterocycles. The monoisotopic (exact) mass is 128 g/mol. The van der Waals surface area contributed by atoms with Gasteiger partial charge in [0.05, 0.1) is 5.10 Å². The van der Waals surface area contributed by atoms with Crippen LogP contribution >= 0.6 is 0 Å². The number of aromatic nitrogens is 4. The predicted octanol–water partition coefficient (Wildman–Crippen LogP) is -0.745. The Morgan fingerprint density at radius 3 is 2.56 bits per heavy atom. The molecule has 0 atom stereocenters. The standard InChI is InChI=1S/C4H9N5/c1-3(2)9-7-4(5)6-8-9/h3H,1-2H3,(H2,5,7)/p+1. The van der Waals surface area contributed by atoms with Gasteiger partial charge in [-0.2, -0.15) is 0 Å². The molecule has 0 unspecified atom stereocenters. The zero-order valence-electron chi connectivity index (χ0n) is 5.50. The highest BCUT2D eigenvalue weighted by molar-refractivity contribution is 5.04. The first-order chi connectivity index (χ1) is 4.20. The molecule has 0 aromatic carbocycles. The van der Waals surface area contributed by atoms with E-state index in [4.69, 9.17) is 5.73 Å². The van der Waals surface area contributed by atoms with Crippen molar-refractivity contribution in [1.82, 2.24) is 15.4 Å². The molecule has 50 valence electrons. The van der Waals surface area contributed by atoms with Crippen LogP contribution in [0.4, 0.5) is 5.95 Å². The molecule has 0 aliphatic rings. The Morgan fingerprint density at radius 2 is 2.33 bits per heavy atom. The van der Waals surface area contributed by atoms with Crippen LogP contribution in [0.15, 0.2) is 0 Å². The first kappa shape index (κ1) is 6.00. The lowest BCUT2D eigenvalue weighted by molar-refractivity contribution is -0.821. The minimum Gasteiger partial charge on any atom is -0.342 e. The van der Waals surface area contributed by atoms with Crippen LogP contribution in [0, 0.1) is 0 Å². The molecule has 1 aromatic heterocycles. The van der Waals surface area contributed by atoms with Crippen LogP contribution in [0.1, 0.15) is 19.9 Å². The van der Waals surface area contributed by atoms with Crippen LogP contribution in [-0.2, 0) is 0 Å². The molecule has 5 heteroatoms. The second-order valence-electron chi connectivity index (χ2n) is 2.11. The van der Waals surface area contributed by atoms with E-state index in [0.29, 0.717) is 0 Å². The lowest BCUT2D eigenvalue weighted by Gasteiger charge is -1.90. The molecule has 1 rings (SSSR count). The third-order valence-electron chi connectivity index (χ3n) is 0.966. The number of H-pyrrole nitrogens is 1. The molecule has 0 aliphatic carbocycles. The molecule has 0 fully saturated rings. The maximum atomic E-state index is 5.24. The third-order valence-corrected chi connectivity index (χ3v) is 0.966. The number of hydrogen-bond donors (Lipinski definition) is 2. The summed E-state index contributed by atoms with van der Waals surface area (Å²) in [7, 11) is 0. The van der Waals surface area contributed by atoms with Crippen molar-refractivity contribution in [2.24, 2.45) is 0 Å². The van der Waals surface area contributed by atoms with Gasteiger partial charge >= 0.3 is 5.95 Å². The first-order valence-corrected chi connectivity index (χ1v) is 2.80. The minimum atomic E-state index is 0.281. The van der Waals surface area contributed by atoms with E-state index in [2.05, 4.69) is 15.4 Å². The Bertz CT molecular complexity index is 191. The van der Waals surface area contributed by atoms with Crippen molar-refractivity contribution in [2.45, 2.75) is 19.9 Å². The van der Waals surface area contributed by atoms with Gasteiger partial charge in [-0.15, -0.1) is 0 Å². The van der Waals surface area contributed by atoms with E-state index in [1.807, 2.05) is 13.8 Å². The van der Waals surface area contributed by atoms with Crippen LogP contribution in [0.3, 0.4) is 0 Å². The maximum absolute atomic E-state index is 5.24. The Kier molecular flexibility index (Phi) is 1.33. The van der Waals surface area contributed by atoms with Gasteiger partial charge in [0.25, 0.3) is 0 Å². The summed E-state index contributed by atoms with van der Waals surface area (Å²) in [5.41, 5.74) is 5.24. The molecule has 5 nitrogen and oxygen atoms in total. The Labute approximate surface area is 52.8 Å². The second kappa shape index (κ2) is 2.00. The Balaban J connectivity index is 2.85. The van der Waals surface area contributed by atoms with Crippen molar-refractivity contribution in [1.29, 1.82) is 0 Å². The van der Waals surface area contributed by atoms with Gasteiger partial charge in [0.1, 0.15) is 6.04 Å². The van der Waals surface area contributed by atoms with Crippen LogP contribution in [-0.4, -0.2) is 15.4 Å². The summed E-state index contributed by atoms with van der Waals surface area (Å²) in [5.74, 6) is 0.281. The highest BCUT2D eigenvalue weighted by atomic mass is 15.6. The van der Waals surface area contributed by atoms with Gasteiger partial charge in [0.15, 0.2) is 0 Å². The van der Waals surface area contributed by atoms with E-state index in [1.54, 1.807) is 4.80 Å². The van der Waals surface area contributed by atoms with E-state index in [9.17, 15) is 0 Å². The minimum absolute atomic E-state index is 0.281. The molecular formula is C4H10N5+. The van der Waals surface area contributed by atoms with Crippen LogP contribution in [0.5, 0.6) is 0 Å². The zero-order chi connectivity index (χ0) is 6.85. The van der Waals surface area contributed by atoms with Gasteiger partial charge in [0, 0.05) is 5.10 Å². The van der Waals surface area contributed by atoms with Crippen molar-refractivity contribution in [3.8, 4) is 0 Å². The summed E-state index contributed by atoms with van der Waals surface area (Å²) in [6.45, 7) is 3.98. The summed E-state index contributed by atoms with van der Waals surface area (Å²) < 4.78 is 0. The molecule has 1 aromatic rings. The number of tetrazole rings is 1. The number of nitrogens with one attached hydrogen (secondary N) is 1. The molecule has 0 spiro atoms. The fourth-order valence-corrected chi connectivity index (χ4v) is 0.488. The number of hydrogen-bond acceptors (Lipinski definition) is 3. The SMILES string of the molecule is CC(C)[n+]1nc(N)n[nH]1. The van der Waals surface area contributed by atoms with Crippen molar-refractivity contribution >= 4 is 5.95 Å². The molecule has 0 amide bonds. The van der Waals surface area contributed by atoms with E-state index < -0.39 is 0 Å². The number of nitrogens with two attached hydrogens (primary N) is 1. The second-order valence-corrected chi connectivity index (χ2v) is 2.11.